The predicted octanol–water partition coefficient (Wildman–Crippen LogP) is 10.9. The van der Waals surface area contributed by atoms with E-state index >= 15 is 0 Å². The Labute approximate surface area is 287 Å². The smallest absolute Gasteiger partial charge is 0.167 e. The van der Waals surface area contributed by atoms with Crippen molar-refractivity contribution in [3.8, 4) is 51.0 Å². The van der Waals surface area contributed by atoms with Crippen LogP contribution in [0.4, 0.5) is 0 Å². The Morgan fingerprint density at radius 3 is 1.78 bits per heavy atom. The van der Waals surface area contributed by atoms with Crippen LogP contribution in [0.3, 0.4) is 0 Å². The minimum Gasteiger partial charge on any atom is -0.455 e. The summed E-state index contributed by atoms with van der Waals surface area (Å²) in [7, 11) is 0. The lowest BCUT2D eigenvalue weighted by molar-refractivity contribution is 0.670. The summed E-state index contributed by atoms with van der Waals surface area (Å²) in [5, 5.41) is 4.29. The first kappa shape index (κ1) is 28.1. The topological polar surface area (TPSA) is 69.6 Å². The summed E-state index contributed by atoms with van der Waals surface area (Å²) in [6.45, 7) is 0. The maximum Gasteiger partial charge on any atom is 0.167 e. The Morgan fingerprint density at radius 2 is 1.08 bits per heavy atom. The molecular weight excluding hydrogens is 615 g/mol. The normalized spacial score (nSPS) is 11.6. The van der Waals surface area contributed by atoms with Gasteiger partial charge >= 0.3 is 0 Å². The van der Waals surface area contributed by atoms with Crippen LogP contribution in [0.5, 0.6) is 0 Å². The largest absolute Gasteiger partial charge is 0.455 e. The molecule has 6 heteroatoms. The van der Waals surface area contributed by atoms with Crippen LogP contribution in [0, 0.1) is 0 Å². The highest BCUT2D eigenvalue weighted by atomic mass is 16.3. The van der Waals surface area contributed by atoms with E-state index in [1.54, 1.807) is 6.20 Å². The summed E-state index contributed by atoms with van der Waals surface area (Å²) in [6.07, 6.45) is 3.68. The van der Waals surface area contributed by atoms with Crippen molar-refractivity contribution in [3.05, 3.63) is 164 Å². The van der Waals surface area contributed by atoms with E-state index in [2.05, 4.69) is 88.4 Å². The van der Waals surface area contributed by atoms with Crippen molar-refractivity contribution in [2.75, 3.05) is 0 Å². The first-order chi connectivity index (χ1) is 24.8. The molecule has 0 N–H and O–H groups in total. The minimum atomic E-state index is 0.538. The van der Waals surface area contributed by atoms with Crippen LogP contribution in [0.25, 0.3) is 94.7 Å². The van der Waals surface area contributed by atoms with E-state index in [0.717, 1.165) is 71.9 Å². The average Bonchev–Trinajstić information content (AvgIpc) is 3.72. The van der Waals surface area contributed by atoms with Gasteiger partial charge in [-0.2, -0.15) is 0 Å². The van der Waals surface area contributed by atoms with Crippen LogP contribution in [-0.2, 0) is 0 Å². The minimum absolute atomic E-state index is 0.538. The van der Waals surface area contributed by atoms with E-state index in [1.807, 2.05) is 79.0 Å². The zero-order chi connectivity index (χ0) is 33.0. The van der Waals surface area contributed by atoms with E-state index in [9.17, 15) is 0 Å². The van der Waals surface area contributed by atoms with Gasteiger partial charge in [0.15, 0.2) is 17.5 Å². The van der Waals surface area contributed by atoms with Crippen molar-refractivity contribution in [1.82, 2.24) is 24.5 Å². The van der Waals surface area contributed by atoms with Gasteiger partial charge in [0.1, 0.15) is 11.2 Å². The molecule has 0 fully saturated rings. The quantitative estimate of drug-likeness (QED) is 0.187. The summed E-state index contributed by atoms with van der Waals surface area (Å²) in [5.74, 6) is 1.73. The maximum absolute atomic E-state index is 6.87. The molecule has 0 aliphatic carbocycles. The zero-order valence-corrected chi connectivity index (χ0v) is 26.7. The number of hydrogen-bond acceptors (Lipinski definition) is 5. The molecule has 50 heavy (non-hydrogen) atoms. The number of aromatic nitrogens is 5. The van der Waals surface area contributed by atoms with E-state index < -0.39 is 0 Å². The fraction of sp³-hybridized carbons (Fsp3) is 0. The van der Waals surface area contributed by atoms with E-state index in [1.165, 1.54) is 5.39 Å². The number of fused-ring (bicyclic) bond motifs is 6. The van der Waals surface area contributed by atoms with Gasteiger partial charge in [-0.15, -0.1) is 0 Å². The zero-order valence-electron chi connectivity index (χ0n) is 26.7. The number of para-hydroxylation sites is 2. The molecule has 10 aromatic rings. The van der Waals surface area contributed by atoms with Gasteiger partial charge in [-0.05, 0) is 54.1 Å². The molecule has 6 aromatic carbocycles. The van der Waals surface area contributed by atoms with Gasteiger partial charge in [-0.25, -0.2) is 15.0 Å². The number of rotatable bonds is 5. The molecule has 0 saturated heterocycles. The molecule has 0 bridgehead atoms. The number of benzene rings is 6. The van der Waals surface area contributed by atoms with Crippen LogP contribution in [0.2, 0.25) is 0 Å². The molecule has 4 heterocycles. The van der Waals surface area contributed by atoms with Crippen molar-refractivity contribution >= 4 is 43.7 Å². The molecule has 0 spiro atoms. The fourth-order valence-electron chi connectivity index (χ4n) is 6.99. The maximum atomic E-state index is 6.87. The summed E-state index contributed by atoms with van der Waals surface area (Å²) in [4.78, 5) is 19.6. The molecule has 0 unspecified atom stereocenters. The molecule has 234 valence electrons. The molecule has 0 aliphatic rings. The van der Waals surface area contributed by atoms with Crippen molar-refractivity contribution in [2.45, 2.75) is 0 Å². The van der Waals surface area contributed by atoms with Crippen molar-refractivity contribution in [3.63, 3.8) is 0 Å². The Bertz CT molecular complexity index is 2790. The molecule has 4 aromatic heterocycles. The fourth-order valence-corrected chi connectivity index (χ4v) is 6.99. The van der Waals surface area contributed by atoms with E-state index in [0.29, 0.717) is 17.5 Å². The molecule has 0 saturated carbocycles. The highest BCUT2D eigenvalue weighted by molar-refractivity contribution is 6.19. The predicted molar refractivity (Wildman–Crippen MR) is 201 cm³/mol. The lowest BCUT2D eigenvalue weighted by atomic mass is 9.99. The number of furan rings is 1. The second-order valence-electron chi connectivity index (χ2n) is 12.3. The molecular formula is C44H27N5O. The van der Waals surface area contributed by atoms with Gasteiger partial charge in [0.2, 0.25) is 0 Å². The third-order valence-corrected chi connectivity index (χ3v) is 9.31. The molecule has 0 aliphatic heterocycles. The highest BCUT2D eigenvalue weighted by Gasteiger charge is 2.22. The third kappa shape index (κ3) is 4.58. The van der Waals surface area contributed by atoms with Crippen LogP contribution in [0.15, 0.2) is 168 Å². The molecule has 0 radical (unpaired) electrons. The number of pyridine rings is 1. The van der Waals surface area contributed by atoms with Gasteiger partial charge in [-0.3, -0.25) is 4.98 Å². The first-order valence-corrected chi connectivity index (χ1v) is 16.5. The van der Waals surface area contributed by atoms with Crippen molar-refractivity contribution < 1.29 is 4.42 Å². The van der Waals surface area contributed by atoms with Crippen LogP contribution in [-0.4, -0.2) is 24.5 Å². The molecule has 0 atom stereocenters. The lowest BCUT2D eigenvalue weighted by Gasteiger charge is -2.10. The van der Waals surface area contributed by atoms with E-state index in [-0.39, 0.29) is 0 Å². The van der Waals surface area contributed by atoms with Gasteiger partial charge in [0.05, 0.1) is 16.6 Å². The number of nitrogens with zero attached hydrogens (tertiary/aromatic N) is 5. The van der Waals surface area contributed by atoms with Gasteiger partial charge in [-0.1, -0.05) is 103 Å². The van der Waals surface area contributed by atoms with Crippen LogP contribution < -0.4 is 0 Å². The van der Waals surface area contributed by atoms with Gasteiger partial charge in [0, 0.05) is 56.3 Å². The Kier molecular flexibility index (Phi) is 6.39. The Morgan fingerprint density at radius 1 is 0.440 bits per heavy atom. The van der Waals surface area contributed by atoms with Gasteiger partial charge in [0.25, 0.3) is 0 Å². The summed E-state index contributed by atoms with van der Waals surface area (Å²) < 4.78 is 9.20. The lowest BCUT2D eigenvalue weighted by Crippen LogP contribution is -2.00. The average molecular weight is 642 g/mol. The third-order valence-electron chi connectivity index (χ3n) is 9.31. The van der Waals surface area contributed by atoms with E-state index in [4.69, 9.17) is 19.4 Å². The monoisotopic (exact) mass is 641 g/mol. The summed E-state index contributed by atoms with van der Waals surface area (Å²) in [6, 6.07) is 51.9. The standard InChI is InChI=1S/C44H27N5O/c1-4-13-28(14-5-1)42-46-43(29-15-6-2-7-16-29)48-44(47-42)37-24-31(30-17-12-22-45-27-30)23-36-35-25-39-34(26-40(35)50-41(36)37)33-20-10-11-21-38(33)49(39)32-18-8-3-9-19-32/h1-27H. The highest BCUT2D eigenvalue weighted by Crippen LogP contribution is 2.42. The molecule has 0 amide bonds. The molecule has 6 nitrogen and oxygen atoms in total. The summed E-state index contributed by atoms with van der Waals surface area (Å²) >= 11 is 0. The van der Waals surface area contributed by atoms with Crippen molar-refractivity contribution in [1.29, 1.82) is 0 Å². The second kappa shape index (κ2) is 11.4. The Hall–Kier alpha value is -6.92. The first-order valence-electron chi connectivity index (χ1n) is 16.5. The summed E-state index contributed by atoms with van der Waals surface area (Å²) in [5.41, 5.74) is 9.48. The second-order valence-corrected chi connectivity index (χ2v) is 12.3. The van der Waals surface area contributed by atoms with Crippen LogP contribution >= 0.6 is 0 Å². The number of hydrogen-bond donors (Lipinski definition) is 0. The van der Waals surface area contributed by atoms with Crippen molar-refractivity contribution in [2.24, 2.45) is 0 Å². The van der Waals surface area contributed by atoms with Gasteiger partial charge < -0.3 is 8.98 Å². The Balaban J connectivity index is 1.30. The molecule has 10 rings (SSSR count). The van der Waals surface area contributed by atoms with Crippen LogP contribution in [0.1, 0.15) is 0 Å². The SMILES string of the molecule is c1ccc(-c2nc(-c3ccccc3)nc(-c3cc(-c4cccnc4)cc4c3oc3cc5c6ccccc6n(-c6ccccc6)c5cc34)n2)cc1.